The van der Waals surface area contributed by atoms with E-state index in [1.165, 1.54) is 64.2 Å². The molecule has 0 amide bonds. The summed E-state index contributed by atoms with van der Waals surface area (Å²) in [7, 11) is 0. The van der Waals surface area contributed by atoms with E-state index in [0.29, 0.717) is 0 Å². The molecule has 0 rings (SSSR count). The van der Waals surface area contributed by atoms with E-state index in [-0.39, 0.29) is 0 Å². The molecule has 0 aliphatic rings. The monoisotopic (exact) mass is 236 g/mol. The third-order valence-corrected chi connectivity index (χ3v) is 3.59. The number of rotatable bonds is 12. The summed E-state index contributed by atoms with van der Waals surface area (Å²) in [6.07, 6.45) is 18.9. The summed E-state index contributed by atoms with van der Waals surface area (Å²) in [5, 5.41) is 0. The van der Waals surface area contributed by atoms with Crippen molar-refractivity contribution < 1.29 is 0 Å². The Balaban J connectivity index is 3.36. The van der Waals surface area contributed by atoms with Crippen molar-refractivity contribution in [2.45, 2.75) is 77.6 Å². The average molecular weight is 236 g/mol. The van der Waals surface area contributed by atoms with E-state index in [1.54, 1.807) is 0 Å². The van der Waals surface area contributed by atoms with Gasteiger partial charge in [-0.25, -0.2) is 0 Å². The first-order valence-corrected chi connectivity index (χ1v) is 7.58. The van der Waals surface area contributed by atoms with E-state index < -0.39 is 0 Å². The fourth-order valence-electron chi connectivity index (χ4n) is 2.33. The normalized spacial score (nSPS) is 13.4. The molecule has 1 atom stereocenters. The Morgan fingerprint density at radius 2 is 1.59 bits per heavy atom. The molecule has 0 aliphatic heterocycles. The van der Waals surface area contributed by atoms with Gasteiger partial charge in [-0.3, -0.25) is 0 Å². The van der Waals surface area contributed by atoms with Gasteiger partial charge in [0.15, 0.2) is 0 Å². The van der Waals surface area contributed by atoms with Gasteiger partial charge in [0.2, 0.25) is 0 Å². The Morgan fingerprint density at radius 3 is 2.18 bits per heavy atom. The van der Waals surface area contributed by atoms with Crippen LogP contribution >= 0.6 is 0 Å². The minimum Gasteiger partial charge on any atom is -0.0885 e. The van der Waals surface area contributed by atoms with Crippen molar-refractivity contribution in [3.63, 3.8) is 0 Å². The van der Waals surface area contributed by atoms with E-state index in [4.69, 9.17) is 0 Å². The van der Waals surface area contributed by atoms with Gasteiger partial charge in [-0.15, -0.1) is 0 Å². The van der Waals surface area contributed by atoms with Crippen LogP contribution in [0.4, 0.5) is 0 Å². The molecule has 0 heterocycles. The molecular weight excluding hydrogens is 204 g/mol. The molecule has 0 aliphatic carbocycles. The maximum Gasteiger partial charge on any atom is -0.0316 e. The SMILES string of the molecule is [CH2]/C=C/CCCCC(CC)CCCCCC[CH2]. The van der Waals surface area contributed by atoms with Gasteiger partial charge in [0, 0.05) is 0 Å². The van der Waals surface area contributed by atoms with Crippen molar-refractivity contribution in [3.8, 4) is 0 Å². The molecule has 2 radical (unpaired) electrons. The Labute approximate surface area is 110 Å². The summed E-state index contributed by atoms with van der Waals surface area (Å²) < 4.78 is 0. The third kappa shape index (κ3) is 12.0. The van der Waals surface area contributed by atoms with Gasteiger partial charge in [0.1, 0.15) is 0 Å². The maximum absolute atomic E-state index is 3.89. The smallest absolute Gasteiger partial charge is 0.0316 e. The van der Waals surface area contributed by atoms with Crippen LogP contribution in [0.2, 0.25) is 0 Å². The summed E-state index contributed by atoms with van der Waals surface area (Å²) >= 11 is 0. The highest BCUT2D eigenvalue weighted by Crippen LogP contribution is 2.20. The summed E-state index contributed by atoms with van der Waals surface area (Å²) in [5.41, 5.74) is 0. The lowest BCUT2D eigenvalue weighted by atomic mass is 9.92. The van der Waals surface area contributed by atoms with Crippen LogP contribution in [0.15, 0.2) is 12.2 Å². The zero-order valence-electron chi connectivity index (χ0n) is 11.9. The molecule has 0 N–H and O–H groups in total. The molecule has 100 valence electrons. The molecule has 17 heavy (non-hydrogen) atoms. The first-order valence-electron chi connectivity index (χ1n) is 7.58. The quantitative estimate of drug-likeness (QED) is 0.357. The number of allylic oxidation sites excluding steroid dienone is 2. The molecule has 0 fully saturated rings. The van der Waals surface area contributed by atoms with Crippen molar-refractivity contribution in [2.24, 2.45) is 5.92 Å². The summed E-state index contributed by atoms with van der Waals surface area (Å²) in [5.74, 6) is 0.971. The van der Waals surface area contributed by atoms with Crippen LogP contribution < -0.4 is 0 Å². The van der Waals surface area contributed by atoms with E-state index in [2.05, 4.69) is 26.8 Å². The fourth-order valence-corrected chi connectivity index (χ4v) is 2.33. The van der Waals surface area contributed by atoms with E-state index >= 15 is 0 Å². The predicted octanol–water partition coefficient (Wildman–Crippen LogP) is 6.14. The summed E-state index contributed by atoms with van der Waals surface area (Å²) in [6, 6.07) is 0. The molecule has 0 saturated heterocycles. The van der Waals surface area contributed by atoms with Crippen molar-refractivity contribution in [2.75, 3.05) is 0 Å². The minimum atomic E-state index is 0.971. The largest absolute Gasteiger partial charge is 0.0885 e. The molecule has 0 spiro atoms. The van der Waals surface area contributed by atoms with Gasteiger partial charge < -0.3 is 0 Å². The van der Waals surface area contributed by atoms with Crippen LogP contribution in [0, 0.1) is 19.8 Å². The van der Waals surface area contributed by atoms with Crippen molar-refractivity contribution in [1.29, 1.82) is 0 Å². The lowest BCUT2D eigenvalue weighted by molar-refractivity contribution is 0.398. The lowest BCUT2D eigenvalue weighted by Crippen LogP contribution is -1.99. The summed E-state index contributed by atoms with van der Waals surface area (Å²) in [6.45, 7) is 9.95. The zero-order chi connectivity index (χ0) is 12.8. The van der Waals surface area contributed by atoms with E-state index in [1.807, 2.05) is 6.08 Å². The van der Waals surface area contributed by atoms with Gasteiger partial charge in [-0.2, -0.15) is 0 Å². The third-order valence-electron chi connectivity index (χ3n) is 3.59. The lowest BCUT2D eigenvalue weighted by Gasteiger charge is -2.14. The Bertz CT molecular complexity index is 157. The highest BCUT2D eigenvalue weighted by molar-refractivity contribution is 4.83. The fraction of sp³-hybridized carbons (Fsp3) is 0.765. The second-order valence-corrected chi connectivity index (χ2v) is 5.09. The van der Waals surface area contributed by atoms with Crippen molar-refractivity contribution in [1.82, 2.24) is 0 Å². The molecular formula is C17H32. The molecule has 0 saturated carbocycles. The molecule has 0 aromatic heterocycles. The van der Waals surface area contributed by atoms with Gasteiger partial charge in [0.05, 0.1) is 0 Å². The van der Waals surface area contributed by atoms with Gasteiger partial charge in [-0.1, -0.05) is 83.8 Å². The maximum atomic E-state index is 3.89. The first kappa shape index (κ1) is 16.7. The predicted molar refractivity (Wildman–Crippen MR) is 79.8 cm³/mol. The summed E-state index contributed by atoms with van der Waals surface area (Å²) in [4.78, 5) is 0. The van der Waals surface area contributed by atoms with Crippen molar-refractivity contribution in [3.05, 3.63) is 26.0 Å². The Kier molecular flexibility index (Phi) is 13.6. The van der Waals surface area contributed by atoms with Gasteiger partial charge >= 0.3 is 0 Å². The number of hydrogen-bond acceptors (Lipinski definition) is 0. The molecule has 0 bridgehead atoms. The van der Waals surface area contributed by atoms with E-state index in [0.717, 1.165) is 12.3 Å². The Hall–Kier alpha value is -0.260. The molecule has 0 aromatic rings. The van der Waals surface area contributed by atoms with Crippen LogP contribution in [0.5, 0.6) is 0 Å². The minimum absolute atomic E-state index is 0.971. The van der Waals surface area contributed by atoms with Crippen LogP contribution in [0.1, 0.15) is 77.6 Å². The zero-order valence-corrected chi connectivity index (χ0v) is 11.9. The molecule has 0 aromatic carbocycles. The van der Waals surface area contributed by atoms with Crippen LogP contribution in [0.3, 0.4) is 0 Å². The van der Waals surface area contributed by atoms with Gasteiger partial charge in [-0.05, 0) is 25.7 Å². The highest BCUT2D eigenvalue weighted by Gasteiger charge is 2.05. The van der Waals surface area contributed by atoms with E-state index in [9.17, 15) is 0 Å². The van der Waals surface area contributed by atoms with Crippen LogP contribution in [-0.4, -0.2) is 0 Å². The number of hydrogen-bond donors (Lipinski definition) is 0. The van der Waals surface area contributed by atoms with Crippen molar-refractivity contribution >= 4 is 0 Å². The van der Waals surface area contributed by atoms with Crippen LogP contribution in [0.25, 0.3) is 0 Å². The molecule has 0 heteroatoms. The molecule has 1 unspecified atom stereocenters. The second-order valence-electron chi connectivity index (χ2n) is 5.09. The van der Waals surface area contributed by atoms with Gasteiger partial charge in [0.25, 0.3) is 0 Å². The second kappa shape index (κ2) is 13.8. The van der Waals surface area contributed by atoms with Crippen LogP contribution in [-0.2, 0) is 0 Å². The number of unbranched alkanes of at least 4 members (excludes halogenated alkanes) is 6. The average Bonchev–Trinajstić information content (AvgIpc) is 2.36. The topological polar surface area (TPSA) is 0 Å². The molecule has 0 nitrogen and oxygen atoms in total. The highest BCUT2D eigenvalue weighted by atomic mass is 14.1. The first-order chi connectivity index (χ1) is 8.35. The standard InChI is InChI=1S/C17H32/c1-4-7-9-11-13-15-17(6-3)16-14-12-10-8-5-2/h4,7,17H,1-2,5-6,8-16H2,3H3/b7-4+. The Morgan fingerprint density at radius 1 is 0.941 bits per heavy atom.